The number of likely N-dealkylation sites (tertiary alicyclic amines) is 1. The van der Waals surface area contributed by atoms with Crippen LogP contribution >= 0.6 is 11.3 Å². The summed E-state index contributed by atoms with van der Waals surface area (Å²) in [7, 11) is 0. The van der Waals surface area contributed by atoms with Crippen LogP contribution in [0.4, 0.5) is 8.78 Å². The molecule has 1 aromatic carbocycles. The molecule has 1 aliphatic rings. The van der Waals surface area contributed by atoms with Gasteiger partial charge in [-0.1, -0.05) is 5.16 Å². The second kappa shape index (κ2) is 5.79. The van der Waals surface area contributed by atoms with Crippen LogP contribution in [0.2, 0.25) is 0 Å². The summed E-state index contributed by atoms with van der Waals surface area (Å²) in [6.45, 7) is 0.812. The Morgan fingerprint density at radius 2 is 2.08 bits per heavy atom. The largest absolute Gasteiger partial charge is 0.339 e. The first-order chi connectivity index (χ1) is 11.6. The monoisotopic (exact) mass is 347 g/mol. The first-order valence-corrected chi connectivity index (χ1v) is 8.16. The van der Waals surface area contributed by atoms with Gasteiger partial charge >= 0.3 is 0 Å². The van der Waals surface area contributed by atoms with Crippen LogP contribution in [0.5, 0.6) is 0 Å². The quantitative estimate of drug-likeness (QED) is 0.729. The maximum absolute atomic E-state index is 13.2. The van der Waals surface area contributed by atoms with Crippen molar-refractivity contribution < 1.29 is 18.1 Å². The molecule has 4 rings (SSSR count). The molecule has 0 N–H and O–H groups in total. The number of thiophene rings is 1. The summed E-state index contributed by atoms with van der Waals surface area (Å²) < 4.78 is 31.4. The maximum Gasteiger partial charge on any atom is 0.254 e. The van der Waals surface area contributed by atoms with Crippen molar-refractivity contribution in [1.29, 1.82) is 0 Å². The van der Waals surface area contributed by atoms with E-state index in [-0.39, 0.29) is 17.4 Å². The fourth-order valence-corrected chi connectivity index (χ4v) is 3.16. The van der Waals surface area contributed by atoms with Gasteiger partial charge in [0.25, 0.3) is 5.91 Å². The fourth-order valence-electron chi connectivity index (χ4n) is 2.52. The Hall–Kier alpha value is -2.61. The lowest BCUT2D eigenvalue weighted by atomic mass is 9.98. The fraction of sp³-hybridized carbons (Fsp3) is 0.188. The average molecular weight is 347 g/mol. The highest BCUT2D eigenvalue weighted by atomic mass is 32.1. The lowest BCUT2D eigenvalue weighted by Crippen LogP contribution is -2.48. The lowest BCUT2D eigenvalue weighted by molar-refractivity contribution is 0.0568. The SMILES string of the molecule is O=C(c1ccc(F)c(F)c1)N1CC(c2nc(-c3ccsc3)no2)C1. The van der Waals surface area contributed by atoms with Gasteiger partial charge in [0.05, 0.1) is 5.92 Å². The van der Waals surface area contributed by atoms with Gasteiger partial charge in [0, 0.05) is 29.6 Å². The Labute approximate surface area is 139 Å². The Morgan fingerprint density at radius 3 is 2.79 bits per heavy atom. The third kappa shape index (κ3) is 2.58. The van der Waals surface area contributed by atoms with E-state index < -0.39 is 11.6 Å². The summed E-state index contributed by atoms with van der Waals surface area (Å²) in [6, 6.07) is 5.03. The highest BCUT2D eigenvalue weighted by Crippen LogP contribution is 2.29. The van der Waals surface area contributed by atoms with Crippen LogP contribution in [0, 0.1) is 11.6 Å². The molecule has 5 nitrogen and oxygen atoms in total. The number of carbonyl (C=O) groups excluding carboxylic acids is 1. The number of rotatable bonds is 3. The molecule has 1 saturated heterocycles. The van der Waals surface area contributed by atoms with Crippen LogP contribution in [0.25, 0.3) is 11.4 Å². The molecule has 122 valence electrons. The number of benzene rings is 1. The van der Waals surface area contributed by atoms with Gasteiger partial charge in [0.2, 0.25) is 11.7 Å². The molecule has 1 fully saturated rings. The molecule has 0 spiro atoms. The van der Waals surface area contributed by atoms with Crippen LogP contribution < -0.4 is 0 Å². The highest BCUT2D eigenvalue weighted by molar-refractivity contribution is 7.08. The first kappa shape index (κ1) is 14.9. The average Bonchev–Trinajstić information content (AvgIpc) is 3.19. The third-order valence-electron chi connectivity index (χ3n) is 3.91. The Kier molecular flexibility index (Phi) is 3.61. The molecule has 2 aromatic heterocycles. The van der Waals surface area contributed by atoms with Crippen molar-refractivity contribution in [3.8, 4) is 11.4 Å². The van der Waals surface area contributed by atoms with E-state index in [2.05, 4.69) is 10.1 Å². The zero-order valence-corrected chi connectivity index (χ0v) is 13.1. The highest BCUT2D eigenvalue weighted by Gasteiger charge is 2.36. The molecule has 1 amide bonds. The van der Waals surface area contributed by atoms with E-state index in [1.165, 1.54) is 11.0 Å². The van der Waals surface area contributed by atoms with Crippen LogP contribution in [-0.2, 0) is 0 Å². The Morgan fingerprint density at radius 1 is 1.25 bits per heavy atom. The maximum atomic E-state index is 13.2. The normalized spacial score (nSPS) is 14.7. The van der Waals surface area contributed by atoms with Crippen molar-refractivity contribution in [3.63, 3.8) is 0 Å². The molecular weight excluding hydrogens is 336 g/mol. The smallest absolute Gasteiger partial charge is 0.254 e. The second-order valence-electron chi connectivity index (χ2n) is 5.50. The van der Waals surface area contributed by atoms with E-state index in [0.29, 0.717) is 24.8 Å². The lowest BCUT2D eigenvalue weighted by Gasteiger charge is -2.37. The van der Waals surface area contributed by atoms with E-state index in [0.717, 1.165) is 17.7 Å². The van der Waals surface area contributed by atoms with Crippen LogP contribution in [0.15, 0.2) is 39.5 Å². The van der Waals surface area contributed by atoms with E-state index in [9.17, 15) is 13.6 Å². The van der Waals surface area contributed by atoms with Gasteiger partial charge in [-0.05, 0) is 29.6 Å². The van der Waals surface area contributed by atoms with Crippen molar-refractivity contribution in [2.24, 2.45) is 0 Å². The van der Waals surface area contributed by atoms with Crippen LogP contribution in [0.1, 0.15) is 22.2 Å². The predicted octanol–water partition coefficient (Wildman–Crippen LogP) is 3.32. The van der Waals surface area contributed by atoms with Crippen LogP contribution in [-0.4, -0.2) is 34.0 Å². The minimum absolute atomic E-state index is 0.0425. The summed E-state index contributed by atoms with van der Waals surface area (Å²) in [4.78, 5) is 18.1. The van der Waals surface area contributed by atoms with Crippen molar-refractivity contribution in [2.45, 2.75) is 5.92 Å². The van der Waals surface area contributed by atoms with Gasteiger partial charge in [0.1, 0.15) is 0 Å². The van der Waals surface area contributed by atoms with Crippen molar-refractivity contribution >= 4 is 17.2 Å². The minimum Gasteiger partial charge on any atom is -0.339 e. The molecule has 24 heavy (non-hydrogen) atoms. The number of amides is 1. The molecule has 0 radical (unpaired) electrons. The predicted molar refractivity (Wildman–Crippen MR) is 82.6 cm³/mol. The van der Waals surface area contributed by atoms with E-state index in [1.807, 2.05) is 16.8 Å². The number of hydrogen-bond donors (Lipinski definition) is 0. The van der Waals surface area contributed by atoms with E-state index in [4.69, 9.17) is 4.52 Å². The van der Waals surface area contributed by atoms with Gasteiger partial charge < -0.3 is 9.42 Å². The van der Waals surface area contributed by atoms with Gasteiger partial charge in [-0.15, -0.1) is 0 Å². The molecule has 3 heterocycles. The van der Waals surface area contributed by atoms with Crippen molar-refractivity contribution in [3.05, 3.63) is 58.1 Å². The van der Waals surface area contributed by atoms with Crippen LogP contribution in [0.3, 0.4) is 0 Å². The molecule has 0 atom stereocenters. The molecule has 1 aliphatic heterocycles. The van der Waals surface area contributed by atoms with E-state index >= 15 is 0 Å². The number of hydrogen-bond acceptors (Lipinski definition) is 5. The van der Waals surface area contributed by atoms with Gasteiger partial charge in [0.15, 0.2) is 11.6 Å². The zero-order valence-electron chi connectivity index (χ0n) is 12.3. The minimum atomic E-state index is -1.03. The standard InChI is InChI=1S/C16H11F2N3O2S/c17-12-2-1-9(5-13(12)18)16(22)21-6-11(7-21)15-19-14(20-23-15)10-3-4-24-8-10/h1-5,8,11H,6-7H2. The van der Waals surface area contributed by atoms with Gasteiger partial charge in [-0.2, -0.15) is 16.3 Å². The molecule has 0 unspecified atom stereocenters. The summed E-state index contributed by atoms with van der Waals surface area (Å²) >= 11 is 1.54. The topological polar surface area (TPSA) is 59.2 Å². The molecule has 8 heteroatoms. The van der Waals surface area contributed by atoms with Crippen molar-refractivity contribution in [2.75, 3.05) is 13.1 Å². The first-order valence-electron chi connectivity index (χ1n) is 7.22. The summed E-state index contributed by atoms with van der Waals surface area (Å²) in [5.41, 5.74) is 1.01. The van der Waals surface area contributed by atoms with E-state index in [1.54, 1.807) is 11.3 Å². The summed E-state index contributed by atoms with van der Waals surface area (Å²) in [6.07, 6.45) is 0. The number of halogens is 2. The zero-order chi connectivity index (χ0) is 16.7. The molecule has 3 aromatic rings. The third-order valence-corrected chi connectivity index (χ3v) is 4.59. The van der Waals surface area contributed by atoms with Gasteiger partial charge in [-0.25, -0.2) is 8.78 Å². The number of aromatic nitrogens is 2. The molecular formula is C16H11F2N3O2S. The Bertz CT molecular complexity index is 889. The molecule has 0 aliphatic carbocycles. The van der Waals surface area contributed by atoms with Crippen molar-refractivity contribution in [1.82, 2.24) is 15.0 Å². The van der Waals surface area contributed by atoms with Gasteiger partial charge in [-0.3, -0.25) is 4.79 Å². The molecule has 0 bridgehead atoms. The number of carbonyl (C=O) groups is 1. The Balaban J connectivity index is 1.42. The molecule has 0 saturated carbocycles. The second-order valence-corrected chi connectivity index (χ2v) is 6.28. The summed E-state index contributed by atoms with van der Waals surface area (Å²) in [5, 5.41) is 7.79. The summed E-state index contributed by atoms with van der Waals surface area (Å²) in [5.74, 6) is -1.39. The number of nitrogens with zero attached hydrogens (tertiary/aromatic N) is 3.